The van der Waals surface area contributed by atoms with E-state index in [9.17, 15) is 14.9 Å². The zero-order valence-corrected chi connectivity index (χ0v) is 14.4. The number of nitrogens with zero attached hydrogens (tertiary/aromatic N) is 1. The van der Waals surface area contributed by atoms with Crippen molar-refractivity contribution in [1.82, 2.24) is 0 Å². The second-order valence-corrected chi connectivity index (χ2v) is 5.69. The van der Waals surface area contributed by atoms with Gasteiger partial charge in [0.15, 0.2) is 0 Å². The van der Waals surface area contributed by atoms with E-state index in [-0.39, 0.29) is 18.1 Å². The molecule has 0 aromatic heterocycles. The number of rotatable bonds is 6. The van der Waals surface area contributed by atoms with Crippen LogP contribution in [0.1, 0.15) is 0 Å². The van der Waals surface area contributed by atoms with Crippen molar-refractivity contribution in [2.75, 3.05) is 24.3 Å². The lowest BCUT2D eigenvalue weighted by Crippen LogP contribution is -2.22. The van der Waals surface area contributed by atoms with Crippen LogP contribution in [0.4, 0.5) is 17.1 Å². The molecule has 2 aromatic rings. The van der Waals surface area contributed by atoms with Gasteiger partial charge in [0.1, 0.15) is 5.75 Å². The Hall–Kier alpha value is -2.36. The number of halogens is 1. The van der Waals surface area contributed by atoms with Crippen LogP contribution in [0.5, 0.6) is 5.75 Å². The summed E-state index contributed by atoms with van der Waals surface area (Å²) in [5.41, 5.74) is 1.02. The number of anilines is 2. The van der Waals surface area contributed by atoms with Crippen molar-refractivity contribution in [3.63, 3.8) is 0 Å². The standard InChI is InChI=1S/C15H14IN3O4/c1-23-14-7-6-10(19(21)22)8-13(14)17-9-15(20)18-12-5-3-2-4-11(12)16/h2-8,17H,9H2,1H3,(H,18,20). The number of nitro benzene ring substituents is 1. The molecule has 0 saturated carbocycles. The molecule has 0 radical (unpaired) electrons. The van der Waals surface area contributed by atoms with Gasteiger partial charge in [-0.05, 0) is 40.8 Å². The average molecular weight is 427 g/mol. The summed E-state index contributed by atoms with van der Waals surface area (Å²) in [6, 6.07) is 11.5. The van der Waals surface area contributed by atoms with Crippen LogP contribution in [0.15, 0.2) is 42.5 Å². The zero-order valence-electron chi connectivity index (χ0n) is 12.2. The Morgan fingerprint density at radius 1 is 1.26 bits per heavy atom. The van der Waals surface area contributed by atoms with E-state index >= 15 is 0 Å². The van der Waals surface area contributed by atoms with Crippen molar-refractivity contribution in [3.8, 4) is 5.75 Å². The van der Waals surface area contributed by atoms with Gasteiger partial charge in [-0.1, -0.05) is 12.1 Å². The molecule has 0 unspecified atom stereocenters. The van der Waals surface area contributed by atoms with Gasteiger partial charge in [0.2, 0.25) is 5.91 Å². The summed E-state index contributed by atoms with van der Waals surface area (Å²) in [6.07, 6.45) is 0. The first-order chi connectivity index (χ1) is 11.0. The van der Waals surface area contributed by atoms with Gasteiger partial charge >= 0.3 is 0 Å². The molecule has 2 rings (SSSR count). The van der Waals surface area contributed by atoms with Crippen LogP contribution in [0.25, 0.3) is 0 Å². The van der Waals surface area contributed by atoms with E-state index < -0.39 is 4.92 Å². The fourth-order valence-electron chi connectivity index (χ4n) is 1.88. The van der Waals surface area contributed by atoms with Crippen molar-refractivity contribution >= 4 is 45.6 Å². The predicted octanol–water partition coefficient (Wildman–Crippen LogP) is 3.26. The Labute approximate surface area is 146 Å². The Morgan fingerprint density at radius 3 is 2.65 bits per heavy atom. The molecule has 0 atom stereocenters. The number of carbonyl (C=O) groups excluding carboxylic acids is 1. The molecular formula is C15H14IN3O4. The SMILES string of the molecule is COc1ccc([N+](=O)[O-])cc1NCC(=O)Nc1ccccc1I. The Morgan fingerprint density at radius 2 is 2.00 bits per heavy atom. The van der Waals surface area contributed by atoms with Crippen LogP contribution in [-0.2, 0) is 4.79 Å². The highest BCUT2D eigenvalue weighted by atomic mass is 127. The minimum atomic E-state index is -0.503. The van der Waals surface area contributed by atoms with Gasteiger partial charge in [-0.15, -0.1) is 0 Å². The summed E-state index contributed by atoms with van der Waals surface area (Å²) < 4.78 is 6.05. The van der Waals surface area contributed by atoms with E-state index in [1.54, 1.807) is 6.07 Å². The molecular weight excluding hydrogens is 413 g/mol. The molecule has 120 valence electrons. The lowest BCUT2D eigenvalue weighted by atomic mass is 10.2. The third kappa shape index (κ3) is 4.55. The molecule has 0 heterocycles. The number of para-hydroxylation sites is 1. The molecule has 0 spiro atoms. The van der Waals surface area contributed by atoms with Gasteiger partial charge in [-0.2, -0.15) is 0 Å². The Balaban J connectivity index is 2.05. The Kier molecular flexibility index (Phi) is 5.74. The third-order valence-electron chi connectivity index (χ3n) is 2.98. The minimum Gasteiger partial charge on any atom is -0.495 e. The Bertz CT molecular complexity index is 736. The van der Waals surface area contributed by atoms with Crippen LogP contribution in [0, 0.1) is 13.7 Å². The molecule has 7 nitrogen and oxygen atoms in total. The van der Waals surface area contributed by atoms with Crippen molar-refractivity contribution in [1.29, 1.82) is 0 Å². The van der Waals surface area contributed by atoms with E-state index in [0.717, 1.165) is 3.57 Å². The summed E-state index contributed by atoms with van der Waals surface area (Å²) in [4.78, 5) is 22.3. The van der Waals surface area contributed by atoms with Gasteiger partial charge in [-0.3, -0.25) is 14.9 Å². The van der Waals surface area contributed by atoms with E-state index in [2.05, 4.69) is 33.2 Å². The number of benzene rings is 2. The fourth-order valence-corrected chi connectivity index (χ4v) is 2.40. The molecule has 0 saturated heterocycles. The van der Waals surface area contributed by atoms with Crippen molar-refractivity contribution < 1.29 is 14.5 Å². The quantitative estimate of drug-likeness (QED) is 0.420. The fraction of sp³-hybridized carbons (Fsp3) is 0.133. The average Bonchev–Trinajstić information content (AvgIpc) is 2.54. The summed E-state index contributed by atoms with van der Waals surface area (Å²) in [7, 11) is 1.46. The summed E-state index contributed by atoms with van der Waals surface area (Å²) >= 11 is 2.13. The highest BCUT2D eigenvalue weighted by Crippen LogP contribution is 2.28. The third-order valence-corrected chi connectivity index (χ3v) is 3.92. The summed E-state index contributed by atoms with van der Waals surface area (Å²) in [5, 5.41) is 16.5. The molecule has 0 fully saturated rings. The molecule has 2 aromatic carbocycles. The van der Waals surface area contributed by atoms with Crippen molar-refractivity contribution in [2.24, 2.45) is 0 Å². The summed E-state index contributed by atoms with van der Waals surface area (Å²) in [6.45, 7) is -0.0392. The lowest BCUT2D eigenvalue weighted by molar-refractivity contribution is -0.384. The van der Waals surface area contributed by atoms with Crippen LogP contribution in [-0.4, -0.2) is 24.5 Å². The second-order valence-electron chi connectivity index (χ2n) is 4.52. The largest absolute Gasteiger partial charge is 0.495 e. The van der Waals surface area contributed by atoms with E-state index in [0.29, 0.717) is 17.1 Å². The van der Waals surface area contributed by atoms with Crippen LogP contribution >= 0.6 is 22.6 Å². The van der Waals surface area contributed by atoms with Gasteiger partial charge < -0.3 is 15.4 Å². The maximum atomic E-state index is 12.0. The maximum absolute atomic E-state index is 12.0. The molecule has 0 bridgehead atoms. The first-order valence-corrected chi connectivity index (χ1v) is 7.70. The zero-order chi connectivity index (χ0) is 16.8. The number of methoxy groups -OCH3 is 1. The van der Waals surface area contributed by atoms with E-state index in [1.165, 1.54) is 25.3 Å². The predicted molar refractivity (Wildman–Crippen MR) is 95.9 cm³/mol. The van der Waals surface area contributed by atoms with Crippen LogP contribution in [0.3, 0.4) is 0 Å². The van der Waals surface area contributed by atoms with Gasteiger partial charge in [0, 0.05) is 15.7 Å². The number of hydrogen-bond donors (Lipinski definition) is 2. The molecule has 0 aliphatic carbocycles. The lowest BCUT2D eigenvalue weighted by Gasteiger charge is -2.11. The number of ether oxygens (including phenoxy) is 1. The highest BCUT2D eigenvalue weighted by molar-refractivity contribution is 14.1. The molecule has 23 heavy (non-hydrogen) atoms. The van der Waals surface area contributed by atoms with E-state index in [4.69, 9.17) is 4.74 Å². The maximum Gasteiger partial charge on any atom is 0.271 e. The monoisotopic (exact) mass is 427 g/mol. The van der Waals surface area contributed by atoms with Crippen LogP contribution < -0.4 is 15.4 Å². The number of nitrogens with one attached hydrogen (secondary N) is 2. The molecule has 0 aliphatic rings. The molecule has 1 amide bonds. The second kappa shape index (κ2) is 7.77. The normalized spacial score (nSPS) is 10.0. The smallest absolute Gasteiger partial charge is 0.271 e. The topological polar surface area (TPSA) is 93.5 Å². The number of non-ortho nitro benzene ring substituents is 1. The van der Waals surface area contributed by atoms with Gasteiger partial charge in [-0.25, -0.2) is 0 Å². The minimum absolute atomic E-state index is 0.0392. The number of nitro groups is 1. The van der Waals surface area contributed by atoms with Crippen LogP contribution in [0.2, 0.25) is 0 Å². The van der Waals surface area contributed by atoms with Crippen molar-refractivity contribution in [2.45, 2.75) is 0 Å². The molecule has 0 aliphatic heterocycles. The summed E-state index contributed by atoms with van der Waals surface area (Å²) in [5.74, 6) is 0.167. The van der Waals surface area contributed by atoms with Gasteiger partial charge in [0.25, 0.3) is 5.69 Å². The first-order valence-electron chi connectivity index (χ1n) is 6.62. The molecule has 8 heteroatoms. The number of hydrogen-bond acceptors (Lipinski definition) is 5. The first kappa shape index (κ1) is 17.0. The number of amides is 1. The molecule has 2 N–H and O–H groups in total. The van der Waals surface area contributed by atoms with E-state index in [1.807, 2.05) is 18.2 Å². The van der Waals surface area contributed by atoms with Crippen molar-refractivity contribution in [3.05, 3.63) is 56.1 Å². The number of carbonyl (C=O) groups is 1. The van der Waals surface area contributed by atoms with Gasteiger partial charge in [0.05, 0.1) is 30.0 Å². The highest BCUT2D eigenvalue weighted by Gasteiger charge is 2.12.